The van der Waals surface area contributed by atoms with Crippen LogP contribution in [0.1, 0.15) is 175 Å². The largest absolute Gasteiger partial charge is 0.469 e. The molecule has 0 radical (unpaired) electrons. The predicted octanol–water partition coefficient (Wildman–Crippen LogP) is 9.03. The first-order valence-corrected chi connectivity index (χ1v) is 22.8. The topological polar surface area (TPSA) is 180 Å². The number of hydrogen-bond acceptors (Lipinski definition) is 9. The summed E-state index contributed by atoms with van der Waals surface area (Å²) < 4.78 is 26.3. The van der Waals surface area contributed by atoms with Crippen LogP contribution in [-0.4, -0.2) is 74.7 Å². The second-order valence-corrected chi connectivity index (χ2v) is 17.0. The number of aliphatic hydroxyl groups is 3. The van der Waals surface area contributed by atoms with Crippen molar-refractivity contribution < 1.29 is 53.3 Å². The van der Waals surface area contributed by atoms with E-state index < -0.39 is 57.4 Å². The van der Waals surface area contributed by atoms with E-state index in [2.05, 4.69) is 25.3 Å². The van der Waals surface area contributed by atoms with Gasteiger partial charge in [-0.25, -0.2) is 4.57 Å². The lowest BCUT2D eigenvalue weighted by atomic mass is 9.89. The molecule has 0 amide bonds. The van der Waals surface area contributed by atoms with Gasteiger partial charge in [-0.05, 0) is 31.1 Å². The van der Waals surface area contributed by atoms with Crippen molar-refractivity contribution in [1.82, 2.24) is 0 Å². The molecule has 0 bridgehead atoms. The molecular formula is C42H77O11P. The quantitative estimate of drug-likeness (QED) is 0.0182. The maximum Gasteiger partial charge on any atom is 0.469 e. The fourth-order valence-corrected chi connectivity index (χ4v) is 7.36. The van der Waals surface area contributed by atoms with Gasteiger partial charge in [-0.3, -0.25) is 14.1 Å². The van der Waals surface area contributed by atoms with Crippen LogP contribution in [0, 0.1) is 17.8 Å². The molecule has 0 saturated heterocycles. The second kappa shape index (κ2) is 31.5. The zero-order chi connectivity index (χ0) is 40.0. The Labute approximate surface area is 327 Å². The lowest BCUT2D eigenvalue weighted by molar-refractivity contribution is -0.160. The molecule has 0 unspecified atom stereocenters. The number of allylic oxidation sites excluding steroid dienone is 1. The average Bonchev–Trinajstić information content (AvgIpc) is 3.38. The molecule has 0 aromatic heterocycles. The third-order valence-corrected chi connectivity index (χ3v) is 10.7. The highest BCUT2D eigenvalue weighted by Crippen LogP contribution is 2.37. The Morgan fingerprint density at radius 3 is 1.85 bits per heavy atom. The van der Waals surface area contributed by atoms with E-state index >= 15 is 0 Å². The Morgan fingerprint density at radius 1 is 0.741 bits per heavy atom. The molecule has 54 heavy (non-hydrogen) atoms. The van der Waals surface area contributed by atoms with Gasteiger partial charge >= 0.3 is 19.8 Å². The summed E-state index contributed by atoms with van der Waals surface area (Å²) in [6.45, 7) is 5.64. The van der Waals surface area contributed by atoms with Gasteiger partial charge in [-0.2, -0.15) is 0 Å². The van der Waals surface area contributed by atoms with E-state index in [0.717, 1.165) is 44.4 Å². The van der Waals surface area contributed by atoms with Crippen LogP contribution in [0.5, 0.6) is 0 Å². The minimum atomic E-state index is -4.83. The van der Waals surface area contributed by atoms with Crippen LogP contribution in [0.4, 0.5) is 0 Å². The van der Waals surface area contributed by atoms with Crippen LogP contribution in [0.15, 0.2) is 24.3 Å². The number of ether oxygens (including phenoxy) is 2. The van der Waals surface area contributed by atoms with Crippen LogP contribution in [-0.2, 0) is 28.2 Å². The van der Waals surface area contributed by atoms with Gasteiger partial charge in [0.1, 0.15) is 6.61 Å². The van der Waals surface area contributed by atoms with Crippen LogP contribution in [0.25, 0.3) is 0 Å². The average molecular weight is 789 g/mol. The molecule has 0 aromatic carbocycles. The lowest BCUT2D eigenvalue weighted by Gasteiger charge is -2.19. The van der Waals surface area contributed by atoms with E-state index in [0.29, 0.717) is 19.3 Å². The van der Waals surface area contributed by atoms with E-state index in [-0.39, 0.29) is 31.1 Å². The maximum absolute atomic E-state index is 12.5. The Morgan fingerprint density at radius 2 is 1.30 bits per heavy atom. The standard InChI is InChI=1S/C42H77O11P/c1-4-5-19-25-35(43)29-30-38-37(39(44)31-40(38)45)26-22-23-27-41(46)51-32-36(33-52-54(48,49)50)53-42(47)28-21-18-16-14-12-10-8-6-7-9-11-13-15-17-20-24-34(2)3/h22-23,29-30,34-40,43-45H,4-21,24-28,31-33H2,1-3H3,(H2,48,49,50)/b23-22-,30-29+/t35-,36-,37+,38-,39+,40-/m1/s1. The maximum atomic E-state index is 12.5. The Bertz CT molecular complexity index is 1060. The Kier molecular flexibility index (Phi) is 29.4. The van der Waals surface area contributed by atoms with Gasteiger partial charge in [0.2, 0.25) is 0 Å². The number of aliphatic hydroxyl groups excluding tert-OH is 3. The third kappa shape index (κ3) is 27.9. The summed E-state index contributed by atoms with van der Waals surface area (Å²) in [5.74, 6) is -0.957. The first kappa shape index (κ1) is 50.4. The number of hydrogen-bond donors (Lipinski definition) is 5. The monoisotopic (exact) mass is 789 g/mol. The van der Waals surface area contributed by atoms with E-state index in [1.54, 1.807) is 24.3 Å². The van der Waals surface area contributed by atoms with Gasteiger partial charge in [0.15, 0.2) is 6.10 Å². The van der Waals surface area contributed by atoms with Crippen molar-refractivity contribution in [1.29, 1.82) is 0 Å². The normalized spacial score (nSPS) is 20.3. The van der Waals surface area contributed by atoms with Crippen LogP contribution in [0.2, 0.25) is 0 Å². The smallest absolute Gasteiger partial charge is 0.461 e. The summed E-state index contributed by atoms with van der Waals surface area (Å²) >= 11 is 0. The molecule has 6 atom stereocenters. The number of carbonyl (C=O) groups excluding carboxylic acids is 2. The number of phosphoric ester groups is 1. The SMILES string of the molecule is CCCCC[C@@H](O)/C=C/[C@@H]1[C@H](C/C=C\CC(=O)OC[C@H](COP(=O)(O)O)OC(=O)CCCCCCCCCCCCCCCCCC(C)C)[C@@H](O)C[C@H]1O. The number of unbranched alkanes of at least 4 members (excludes halogenated alkanes) is 16. The second-order valence-electron chi connectivity index (χ2n) is 15.8. The molecule has 0 heterocycles. The van der Waals surface area contributed by atoms with Crippen LogP contribution in [0.3, 0.4) is 0 Å². The Balaban J connectivity index is 2.29. The van der Waals surface area contributed by atoms with Crippen molar-refractivity contribution >= 4 is 19.8 Å². The van der Waals surface area contributed by atoms with Gasteiger partial charge in [-0.15, -0.1) is 0 Å². The first-order valence-electron chi connectivity index (χ1n) is 21.2. The molecule has 316 valence electrons. The fourth-order valence-electron chi connectivity index (χ4n) is 7.00. The molecule has 1 fully saturated rings. The molecule has 0 aromatic rings. The highest BCUT2D eigenvalue weighted by atomic mass is 31.2. The number of rotatable bonds is 34. The molecule has 1 aliphatic carbocycles. The summed E-state index contributed by atoms with van der Waals surface area (Å²) in [5.41, 5.74) is 0. The van der Waals surface area contributed by atoms with E-state index in [1.807, 2.05) is 0 Å². The molecule has 0 spiro atoms. The molecule has 0 aliphatic heterocycles. The molecule has 5 N–H and O–H groups in total. The van der Waals surface area contributed by atoms with Crippen molar-refractivity contribution in [3.8, 4) is 0 Å². The summed E-state index contributed by atoms with van der Waals surface area (Å²) in [6.07, 6.45) is 27.5. The zero-order valence-electron chi connectivity index (χ0n) is 33.9. The summed E-state index contributed by atoms with van der Waals surface area (Å²) in [4.78, 5) is 43.1. The highest BCUT2D eigenvalue weighted by Gasteiger charge is 2.39. The van der Waals surface area contributed by atoms with Crippen molar-refractivity contribution in [3.05, 3.63) is 24.3 Å². The van der Waals surface area contributed by atoms with Gasteiger partial charge in [0.05, 0.1) is 31.3 Å². The summed E-state index contributed by atoms with van der Waals surface area (Å²) in [5, 5.41) is 31.2. The first-order chi connectivity index (χ1) is 25.8. The molecule has 1 rings (SSSR count). The summed E-state index contributed by atoms with van der Waals surface area (Å²) in [6, 6.07) is 0. The molecule has 1 aliphatic rings. The van der Waals surface area contributed by atoms with Crippen LogP contribution >= 0.6 is 7.82 Å². The Hall–Kier alpha value is -1.59. The van der Waals surface area contributed by atoms with E-state index in [9.17, 15) is 29.5 Å². The van der Waals surface area contributed by atoms with Crippen molar-refractivity contribution in [2.24, 2.45) is 17.8 Å². The van der Waals surface area contributed by atoms with Gasteiger partial charge < -0.3 is 34.6 Å². The zero-order valence-corrected chi connectivity index (χ0v) is 34.8. The minimum absolute atomic E-state index is 0.110. The molecular weight excluding hydrogens is 711 g/mol. The summed E-state index contributed by atoms with van der Waals surface area (Å²) in [7, 11) is -4.83. The van der Waals surface area contributed by atoms with Crippen molar-refractivity contribution in [2.45, 2.75) is 199 Å². The van der Waals surface area contributed by atoms with E-state index in [4.69, 9.17) is 19.3 Å². The van der Waals surface area contributed by atoms with Crippen LogP contribution < -0.4 is 0 Å². The number of esters is 2. The number of carbonyl (C=O) groups is 2. The van der Waals surface area contributed by atoms with Gasteiger partial charge in [-0.1, -0.05) is 161 Å². The van der Waals surface area contributed by atoms with Gasteiger partial charge in [0.25, 0.3) is 0 Å². The van der Waals surface area contributed by atoms with Crippen molar-refractivity contribution in [3.63, 3.8) is 0 Å². The lowest BCUT2D eigenvalue weighted by Crippen LogP contribution is -2.29. The fraction of sp³-hybridized carbons (Fsp3) is 0.857. The molecule has 1 saturated carbocycles. The molecule has 11 nitrogen and oxygen atoms in total. The van der Waals surface area contributed by atoms with Crippen molar-refractivity contribution in [2.75, 3.05) is 13.2 Å². The number of phosphoric acid groups is 1. The minimum Gasteiger partial charge on any atom is -0.461 e. The van der Waals surface area contributed by atoms with Gasteiger partial charge in [0, 0.05) is 18.8 Å². The van der Waals surface area contributed by atoms with E-state index in [1.165, 1.54) is 77.0 Å². The predicted molar refractivity (Wildman–Crippen MR) is 213 cm³/mol. The highest BCUT2D eigenvalue weighted by molar-refractivity contribution is 7.46. The molecule has 12 heteroatoms. The third-order valence-electron chi connectivity index (χ3n) is 10.3.